The zero-order valence-corrected chi connectivity index (χ0v) is 10.9. The Hall–Kier alpha value is -1.39. The molecule has 96 valence electrons. The number of benzene rings is 1. The lowest BCUT2D eigenvalue weighted by Gasteiger charge is -2.16. The van der Waals surface area contributed by atoms with Gasteiger partial charge in [0.25, 0.3) is 11.7 Å². The van der Waals surface area contributed by atoms with E-state index in [1.165, 1.54) is 4.90 Å². The number of hydrogen-bond donors (Lipinski definition) is 0. The molecule has 1 aliphatic heterocycles. The van der Waals surface area contributed by atoms with Crippen LogP contribution in [-0.2, 0) is 9.53 Å². The molecule has 4 nitrogen and oxygen atoms in total. The van der Waals surface area contributed by atoms with E-state index in [1.807, 2.05) is 0 Å². The molecule has 1 aliphatic rings. The van der Waals surface area contributed by atoms with Gasteiger partial charge in [-0.2, -0.15) is 0 Å². The summed E-state index contributed by atoms with van der Waals surface area (Å²) in [4.78, 5) is 25.1. The number of anilines is 1. The van der Waals surface area contributed by atoms with E-state index in [9.17, 15) is 9.59 Å². The Labute approximate surface area is 110 Å². The fourth-order valence-corrected chi connectivity index (χ4v) is 2.18. The normalized spacial score (nSPS) is 14.2. The number of Topliss-reactive ketones (excluding diaryl/α,β-unsaturated/α-hetero) is 1. The van der Waals surface area contributed by atoms with Crippen molar-refractivity contribution in [2.24, 2.45) is 0 Å². The number of halogens is 1. The number of carbonyl (C=O) groups excluding carboxylic acids is 2. The van der Waals surface area contributed by atoms with Gasteiger partial charge in [-0.25, -0.2) is 0 Å². The van der Waals surface area contributed by atoms with Crippen LogP contribution in [0.3, 0.4) is 0 Å². The Bertz CT molecular complexity index is 487. The minimum Gasteiger partial charge on any atom is -0.385 e. The topological polar surface area (TPSA) is 46.6 Å². The first-order valence-corrected chi connectivity index (χ1v) is 6.17. The summed E-state index contributed by atoms with van der Waals surface area (Å²) < 4.78 is 4.95. The molecule has 1 amide bonds. The van der Waals surface area contributed by atoms with Crippen LogP contribution in [-0.4, -0.2) is 32.0 Å². The maximum absolute atomic E-state index is 11.8. The lowest BCUT2D eigenvalue weighted by Crippen LogP contribution is -2.30. The van der Waals surface area contributed by atoms with E-state index < -0.39 is 11.7 Å². The molecule has 0 fully saturated rings. The van der Waals surface area contributed by atoms with Crippen molar-refractivity contribution in [1.29, 1.82) is 0 Å². The Kier molecular flexibility index (Phi) is 3.99. The van der Waals surface area contributed by atoms with Crippen LogP contribution in [0.15, 0.2) is 18.2 Å². The number of amides is 1. The highest BCUT2D eigenvalue weighted by atomic mass is 35.5. The second-order valence-corrected chi connectivity index (χ2v) is 4.58. The van der Waals surface area contributed by atoms with Gasteiger partial charge in [-0.05, 0) is 31.0 Å². The van der Waals surface area contributed by atoms with E-state index in [4.69, 9.17) is 16.3 Å². The summed E-state index contributed by atoms with van der Waals surface area (Å²) in [5.74, 6) is -0.941. The maximum Gasteiger partial charge on any atom is 0.299 e. The van der Waals surface area contributed by atoms with Gasteiger partial charge in [0.2, 0.25) is 0 Å². The highest BCUT2D eigenvalue weighted by Crippen LogP contribution is 2.31. The second kappa shape index (κ2) is 5.50. The number of hydrogen-bond acceptors (Lipinski definition) is 3. The molecule has 2 rings (SSSR count). The lowest BCUT2D eigenvalue weighted by molar-refractivity contribution is -0.114. The van der Waals surface area contributed by atoms with Gasteiger partial charge in [0.05, 0.1) is 11.3 Å². The molecule has 5 heteroatoms. The molecular formula is C13H14ClNO3. The molecular weight excluding hydrogens is 254 g/mol. The number of nitrogens with zero attached hydrogens (tertiary/aromatic N) is 1. The molecule has 1 aromatic rings. The monoisotopic (exact) mass is 267 g/mol. The van der Waals surface area contributed by atoms with Crippen molar-refractivity contribution in [2.75, 3.05) is 25.2 Å². The number of fused-ring (bicyclic) bond motifs is 1. The number of ether oxygens (including phenoxy) is 1. The first-order chi connectivity index (χ1) is 8.65. The molecule has 0 unspecified atom stereocenters. The predicted octanol–water partition coefficient (Wildman–Crippen LogP) is 2.30. The fraction of sp³-hybridized carbons (Fsp3) is 0.385. The number of rotatable bonds is 5. The van der Waals surface area contributed by atoms with Gasteiger partial charge in [0, 0.05) is 25.3 Å². The summed E-state index contributed by atoms with van der Waals surface area (Å²) in [5, 5.41) is 0.469. The largest absolute Gasteiger partial charge is 0.385 e. The molecule has 0 saturated carbocycles. The van der Waals surface area contributed by atoms with Gasteiger partial charge in [-0.3, -0.25) is 9.59 Å². The van der Waals surface area contributed by atoms with Crippen molar-refractivity contribution in [3.63, 3.8) is 0 Å². The fourth-order valence-electron chi connectivity index (χ4n) is 2.01. The van der Waals surface area contributed by atoms with E-state index >= 15 is 0 Å². The maximum atomic E-state index is 11.8. The Morgan fingerprint density at radius 2 is 2.06 bits per heavy atom. The van der Waals surface area contributed by atoms with Crippen molar-refractivity contribution >= 4 is 29.0 Å². The van der Waals surface area contributed by atoms with Gasteiger partial charge in [-0.1, -0.05) is 11.6 Å². The van der Waals surface area contributed by atoms with Crippen LogP contribution < -0.4 is 4.90 Å². The van der Waals surface area contributed by atoms with Crippen molar-refractivity contribution in [2.45, 2.75) is 12.8 Å². The molecule has 0 aromatic heterocycles. The zero-order chi connectivity index (χ0) is 13.1. The Morgan fingerprint density at radius 3 is 2.78 bits per heavy atom. The molecule has 1 aromatic carbocycles. The molecule has 0 atom stereocenters. The number of ketones is 1. The average Bonchev–Trinajstić information content (AvgIpc) is 2.59. The second-order valence-electron chi connectivity index (χ2n) is 4.15. The third-order valence-corrected chi connectivity index (χ3v) is 3.15. The minimum atomic E-state index is -0.473. The summed E-state index contributed by atoms with van der Waals surface area (Å²) in [7, 11) is 1.64. The van der Waals surface area contributed by atoms with Crippen molar-refractivity contribution in [3.8, 4) is 0 Å². The van der Waals surface area contributed by atoms with Crippen LogP contribution in [0.1, 0.15) is 23.2 Å². The smallest absolute Gasteiger partial charge is 0.299 e. The Balaban J connectivity index is 2.13. The quantitative estimate of drug-likeness (QED) is 0.607. The standard InChI is InChI=1S/C13H14ClNO3/c1-18-7-3-2-6-15-11-5-4-9(14)8-10(11)12(16)13(15)17/h4-5,8H,2-3,6-7H2,1H3. The highest BCUT2D eigenvalue weighted by molar-refractivity contribution is 6.52. The molecule has 0 saturated heterocycles. The minimum absolute atomic E-state index is 0.402. The molecule has 0 N–H and O–H groups in total. The van der Waals surface area contributed by atoms with Crippen molar-refractivity contribution in [1.82, 2.24) is 0 Å². The number of carbonyl (C=O) groups is 2. The third kappa shape index (κ3) is 2.40. The van der Waals surface area contributed by atoms with Crippen LogP contribution in [0.5, 0.6) is 0 Å². The Morgan fingerprint density at radius 1 is 1.28 bits per heavy atom. The van der Waals surface area contributed by atoms with E-state index in [0.29, 0.717) is 29.4 Å². The average molecular weight is 268 g/mol. The summed E-state index contributed by atoms with van der Waals surface area (Å²) in [6, 6.07) is 4.96. The number of methoxy groups -OCH3 is 1. The third-order valence-electron chi connectivity index (χ3n) is 2.91. The van der Waals surface area contributed by atoms with Crippen LogP contribution in [0.25, 0.3) is 0 Å². The molecule has 1 heterocycles. The molecule has 0 aliphatic carbocycles. The van der Waals surface area contributed by atoms with Crippen molar-refractivity contribution in [3.05, 3.63) is 28.8 Å². The van der Waals surface area contributed by atoms with E-state index in [1.54, 1.807) is 25.3 Å². The predicted molar refractivity (Wildman–Crippen MR) is 69.2 cm³/mol. The first-order valence-electron chi connectivity index (χ1n) is 5.80. The van der Waals surface area contributed by atoms with Gasteiger partial charge in [0.15, 0.2) is 0 Å². The van der Waals surface area contributed by atoms with Gasteiger partial charge in [0.1, 0.15) is 0 Å². The molecule has 0 bridgehead atoms. The molecule has 0 spiro atoms. The van der Waals surface area contributed by atoms with E-state index in [2.05, 4.69) is 0 Å². The van der Waals surface area contributed by atoms with Crippen LogP contribution >= 0.6 is 11.6 Å². The van der Waals surface area contributed by atoms with Gasteiger partial charge in [-0.15, -0.1) is 0 Å². The molecule has 18 heavy (non-hydrogen) atoms. The van der Waals surface area contributed by atoms with Gasteiger partial charge < -0.3 is 9.64 Å². The summed E-state index contributed by atoms with van der Waals surface area (Å²) in [6.07, 6.45) is 1.66. The van der Waals surface area contributed by atoms with Crippen LogP contribution in [0, 0.1) is 0 Å². The van der Waals surface area contributed by atoms with Crippen LogP contribution in [0.2, 0.25) is 5.02 Å². The van der Waals surface area contributed by atoms with Gasteiger partial charge >= 0.3 is 0 Å². The highest BCUT2D eigenvalue weighted by Gasteiger charge is 2.35. The summed E-state index contributed by atoms with van der Waals surface area (Å²) in [6.45, 7) is 1.19. The SMILES string of the molecule is COCCCCN1C(=O)C(=O)c2cc(Cl)ccc21. The van der Waals surface area contributed by atoms with Crippen molar-refractivity contribution < 1.29 is 14.3 Å². The lowest BCUT2D eigenvalue weighted by atomic mass is 10.1. The van der Waals surface area contributed by atoms with E-state index in [0.717, 1.165) is 12.8 Å². The summed E-state index contributed by atoms with van der Waals surface area (Å²) in [5.41, 5.74) is 1.06. The molecule has 0 radical (unpaired) electrons. The summed E-state index contributed by atoms with van der Waals surface area (Å²) >= 11 is 5.83. The zero-order valence-electron chi connectivity index (χ0n) is 10.1. The first kappa shape index (κ1) is 13.1. The van der Waals surface area contributed by atoms with E-state index in [-0.39, 0.29) is 0 Å². The van der Waals surface area contributed by atoms with Crippen LogP contribution in [0.4, 0.5) is 5.69 Å². The number of unbranched alkanes of at least 4 members (excludes halogenated alkanes) is 1.